The van der Waals surface area contributed by atoms with Crippen LogP contribution < -0.4 is 0 Å². The van der Waals surface area contributed by atoms with Crippen LogP contribution in [0, 0.1) is 5.82 Å². The Bertz CT molecular complexity index is 647. The summed E-state index contributed by atoms with van der Waals surface area (Å²) in [4.78, 5) is 14.9. The van der Waals surface area contributed by atoms with Crippen LogP contribution in [0.4, 0.5) is 4.39 Å². The summed E-state index contributed by atoms with van der Waals surface area (Å²) in [5, 5.41) is 13.0. The molecule has 0 spiro atoms. The number of hydrogen-bond donors (Lipinski definition) is 1. The van der Waals surface area contributed by atoms with Crippen LogP contribution in [-0.4, -0.2) is 25.8 Å². The minimum Gasteiger partial charge on any atom is -0.475 e. The molecule has 0 amide bonds. The van der Waals surface area contributed by atoms with E-state index in [0.29, 0.717) is 5.82 Å². The van der Waals surface area contributed by atoms with E-state index in [2.05, 4.69) is 10.1 Å². The fourth-order valence-corrected chi connectivity index (χ4v) is 2.12. The van der Waals surface area contributed by atoms with Gasteiger partial charge in [-0.25, -0.2) is 18.9 Å². The Morgan fingerprint density at radius 3 is 2.79 bits per heavy atom. The average Bonchev–Trinajstić information content (AvgIpc) is 3.10. The highest BCUT2D eigenvalue weighted by molar-refractivity contribution is 6.32. The van der Waals surface area contributed by atoms with Gasteiger partial charge in [0.2, 0.25) is 0 Å². The van der Waals surface area contributed by atoms with E-state index in [1.807, 2.05) is 0 Å². The lowest BCUT2D eigenvalue weighted by atomic mass is 10.3. The number of rotatable bonds is 3. The topological polar surface area (TPSA) is 68.0 Å². The molecule has 1 saturated carbocycles. The Balaban J connectivity index is 2.21. The number of halogens is 2. The molecule has 1 fully saturated rings. The van der Waals surface area contributed by atoms with Gasteiger partial charge in [0.15, 0.2) is 0 Å². The molecule has 1 aromatic heterocycles. The summed E-state index contributed by atoms with van der Waals surface area (Å²) in [6.07, 6.45) is 1.79. The van der Waals surface area contributed by atoms with Crippen molar-refractivity contribution < 1.29 is 14.3 Å². The molecule has 0 saturated heterocycles. The largest absolute Gasteiger partial charge is 0.475 e. The van der Waals surface area contributed by atoms with E-state index >= 15 is 0 Å². The van der Waals surface area contributed by atoms with Crippen molar-refractivity contribution in [3.8, 4) is 5.69 Å². The third-order valence-corrected chi connectivity index (χ3v) is 3.22. The molecular formula is C12H9ClFN3O2. The number of aromatic carboxylic acids is 1. The highest BCUT2D eigenvalue weighted by Gasteiger charge is 2.32. The number of carboxylic acids is 1. The fourth-order valence-electron chi connectivity index (χ4n) is 1.88. The normalized spacial score (nSPS) is 14.6. The lowest BCUT2D eigenvalue weighted by molar-refractivity contribution is 0.0683. The third kappa shape index (κ3) is 2.08. The zero-order valence-electron chi connectivity index (χ0n) is 9.68. The first-order chi connectivity index (χ1) is 9.08. The van der Waals surface area contributed by atoms with Crippen molar-refractivity contribution in [2.45, 2.75) is 18.8 Å². The highest BCUT2D eigenvalue weighted by Crippen LogP contribution is 2.40. The van der Waals surface area contributed by atoms with E-state index in [0.717, 1.165) is 12.8 Å². The van der Waals surface area contributed by atoms with Crippen LogP contribution in [0.25, 0.3) is 5.69 Å². The molecule has 3 rings (SSSR count). The standard InChI is InChI=1S/C12H9ClFN3O2/c13-7-2-1-3-8(14)9(7)17-11(6-4-5-6)15-10(16-17)12(18)19/h1-3,6H,4-5H2,(H,18,19). The molecule has 19 heavy (non-hydrogen) atoms. The van der Waals surface area contributed by atoms with E-state index in [-0.39, 0.29) is 22.5 Å². The molecule has 5 nitrogen and oxygen atoms in total. The number of nitrogens with zero attached hydrogens (tertiary/aromatic N) is 3. The van der Waals surface area contributed by atoms with Gasteiger partial charge in [0.1, 0.15) is 17.3 Å². The van der Waals surface area contributed by atoms with Crippen molar-refractivity contribution in [3.63, 3.8) is 0 Å². The molecule has 2 aromatic rings. The van der Waals surface area contributed by atoms with Crippen molar-refractivity contribution in [1.82, 2.24) is 14.8 Å². The van der Waals surface area contributed by atoms with Crippen molar-refractivity contribution in [2.24, 2.45) is 0 Å². The molecule has 0 aliphatic heterocycles. The van der Waals surface area contributed by atoms with Crippen LogP contribution in [0.15, 0.2) is 18.2 Å². The minimum atomic E-state index is -1.24. The van der Waals surface area contributed by atoms with Crippen LogP contribution in [0.3, 0.4) is 0 Å². The maximum atomic E-state index is 13.9. The second-order valence-electron chi connectivity index (χ2n) is 4.36. The Hall–Kier alpha value is -1.95. The van der Waals surface area contributed by atoms with Gasteiger partial charge in [0, 0.05) is 5.92 Å². The van der Waals surface area contributed by atoms with Gasteiger partial charge in [-0.15, -0.1) is 5.10 Å². The summed E-state index contributed by atoms with van der Waals surface area (Å²) in [5.74, 6) is -1.58. The summed E-state index contributed by atoms with van der Waals surface area (Å²) in [6.45, 7) is 0. The van der Waals surface area contributed by atoms with E-state index in [1.54, 1.807) is 0 Å². The molecule has 0 unspecified atom stereocenters. The number of benzene rings is 1. The van der Waals surface area contributed by atoms with Crippen LogP contribution in [0.2, 0.25) is 5.02 Å². The Kier molecular flexibility index (Phi) is 2.74. The summed E-state index contributed by atoms with van der Waals surface area (Å²) in [5.41, 5.74) is 0.0473. The molecule has 1 aliphatic rings. The van der Waals surface area contributed by atoms with Gasteiger partial charge < -0.3 is 5.11 Å². The van der Waals surface area contributed by atoms with Crippen molar-refractivity contribution >= 4 is 17.6 Å². The predicted molar refractivity (Wildman–Crippen MR) is 65.3 cm³/mol. The summed E-state index contributed by atoms with van der Waals surface area (Å²) >= 11 is 5.97. The highest BCUT2D eigenvalue weighted by atomic mass is 35.5. The van der Waals surface area contributed by atoms with Gasteiger partial charge >= 0.3 is 5.97 Å². The van der Waals surface area contributed by atoms with Gasteiger partial charge in [0.25, 0.3) is 5.82 Å². The molecular weight excluding hydrogens is 273 g/mol. The first-order valence-corrected chi connectivity index (χ1v) is 6.10. The quantitative estimate of drug-likeness (QED) is 0.939. The monoisotopic (exact) mass is 281 g/mol. The molecule has 0 bridgehead atoms. The summed E-state index contributed by atoms with van der Waals surface area (Å²) < 4.78 is 15.1. The molecule has 1 heterocycles. The van der Waals surface area contributed by atoms with Crippen molar-refractivity contribution in [3.05, 3.63) is 40.7 Å². The Morgan fingerprint density at radius 1 is 1.47 bits per heavy atom. The van der Waals surface area contributed by atoms with Crippen LogP contribution in [0.1, 0.15) is 35.2 Å². The zero-order chi connectivity index (χ0) is 13.6. The number of para-hydroxylation sites is 1. The molecule has 1 aliphatic carbocycles. The maximum absolute atomic E-state index is 13.9. The number of aromatic nitrogens is 3. The predicted octanol–water partition coefficient (Wildman–Crippen LogP) is 2.64. The Morgan fingerprint density at radius 2 is 2.21 bits per heavy atom. The second kappa shape index (κ2) is 4.31. The number of carbonyl (C=O) groups is 1. The van der Waals surface area contributed by atoms with Crippen LogP contribution in [0.5, 0.6) is 0 Å². The summed E-state index contributed by atoms with van der Waals surface area (Å²) in [7, 11) is 0. The van der Waals surface area contributed by atoms with Crippen LogP contribution in [-0.2, 0) is 0 Å². The van der Waals surface area contributed by atoms with E-state index in [9.17, 15) is 9.18 Å². The summed E-state index contributed by atoms with van der Waals surface area (Å²) in [6, 6.07) is 4.26. The SMILES string of the molecule is O=C(O)c1nc(C2CC2)n(-c2c(F)cccc2Cl)n1. The van der Waals surface area contributed by atoms with E-state index in [4.69, 9.17) is 16.7 Å². The molecule has 98 valence electrons. The third-order valence-electron chi connectivity index (χ3n) is 2.92. The lowest BCUT2D eigenvalue weighted by Gasteiger charge is -2.07. The fraction of sp³-hybridized carbons (Fsp3) is 0.250. The first kappa shape index (κ1) is 12.1. The second-order valence-corrected chi connectivity index (χ2v) is 4.76. The molecule has 0 radical (unpaired) electrons. The van der Waals surface area contributed by atoms with E-state index in [1.165, 1.54) is 22.9 Å². The zero-order valence-corrected chi connectivity index (χ0v) is 10.4. The molecule has 1 N–H and O–H groups in total. The van der Waals surface area contributed by atoms with E-state index < -0.39 is 11.8 Å². The van der Waals surface area contributed by atoms with Crippen molar-refractivity contribution in [1.29, 1.82) is 0 Å². The number of hydrogen-bond acceptors (Lipinski definition) is 3. The van der Waals surface area contributed by atoms with Crippen LogP contribution >= 0.6 is 11.6 Å². The first-order valence-electron chi connectivity index (χ1n) is 5.72. The number of carboxylic acid groups (broad SMARTS) is 1. The maximum Gasteiger partial charge on any atom is 0.375 e. The average molecular weight is 282 g/mol. The van der Waals surface area contributed by atoms with Gasteiger partial charge in [-0.3, -0.25) is 0 Å². The molecule has 1 aromatic carbocycles. The van der Waals surface area contributed by atoms with Crippen molar-refractivity contribution in [2.75, 3.05) is 0 Å². The Labute approximate surface area is 112 Å². The lowest BCUT2D eigenvalue weighted by Crippen LogP contribution is -2.06. The minimum absolute atomic E-state index is 0.0473. The molecule has 0 atom stereocenters. The van der Waals surface area contributed by atoms with Gasteiger partial charge in [0.05, 0.1) is 5.02 Å². The molecule has 7 heteroatoms. The van der Waals surface area contributed by atoms with Gasteiger partial charge in [-0.1, -0.05) is 17.7 Å². The smallest absolute Gasteiger partial charge is 0.375 e. The van der Waals surface area contributed by atoms with Gasteiger partial charge in [-0.05, 0) is 25.0 Å². The van der Waals surface area contributed by atoms with Gasteiger partial charge in [-0.2, -0.15) is 0 Å².